The highest BCUT2D eigenvalue weighted by molar-refractivity contribution is 7.54. The standard InChI is InChI=1S/C19H22NO5P/c1-3-24-26(23,25-4-2)19(16-13-9-6-10-14-16)20-18(22)17(21)15-11-7-5-8-12-15/h5-14,19H,3-4H2,1-2H3,(H,20,22). The third-order valence-corrected chi connectivity index (χ3v) is 5.86. The molecule has 0 saturated carbocycles. The molecule has 0 aromatic heterocycles. The Labute approximate surface area is 153 Å². The Balaban J connectivity index is 2.34. The summed E-state index contributed by atoms with van der Waals surface area (Å²) in [5.41, 5.74) is 0.784. The van der Waals surface area contributed by atoms with Crippen molar-refractivity contribution in [2.75, 3.05) is 13.2 Å². The molecule has 0 bridgehead atoms. The lowest BCUT2D eigenvalue weighted by molar-refractivity contribution is -0.117. The molecule has 1 atom stereocenters. The molecule has 1 N–H and O–H groups in total. The largest absolute Gasteiger partial charge is 0.357 e. The van der Waals surface area contributed by atoms with E-state index in [9.17, 15) is 14.2 Å². The fourth-order valence-corrected chi connectivity index (χ4v) is 4.34. The quantitative estimate of drug-likeness (QED) is 0.408. The van der Waals surface area contributed by atoms with Crippen molar-refractivity contribution in [1.29, 1.82) is 0 Å². The van der Waals surface area contributed by atoms with Crippen molar-refractivity contribution in [2.45, 2.75) is 19.6 Å². The Hall–Kier alpha value is -2.27. The van der Waals surface area contributed by atoms with Crippen LogP contribution in [-0.2, 0) is 18.4 Å². The predicted molar refractivity (Wildman–Crippen MR) is 99.0 cm³/mol. The molecule has 1 unspecified atom stereocenters. The molecule has 2 rings (SSSR count). The molecule has 2 aromatic carbocycles. The average molecular weight is 375 g/mol. The Kier molecular flexibility index (Phi) is 7.27. The molecule has 7 heteroatoms. The van der Waals surface area contributed by atoms with Gasteiger partial charge in [-0.3, -0.25) is 14.2 Å². The van der Waals surface area contributed by atoms with Gasteiger partial charge in [-0.1, -0.05) is 60.7 Å². The topological polar surface area (TPSA) is 81.7 Å². The second-order valence-electron chi connectivity index (χ2n) is 5.36. The highest BCUT2D eigenvalue weighted by Crippen LogP contribution is 2.59. The molecule has 0 spiro atoms. The second kappa shape index (κ2) is 9.43. The summed E-state index contributed by atoms with van der Waals surface area (Å²) in [7, 11) is -3.72. The van der Waals surface area contributed by atoms with Gasteiger partial charge in [0.2, 0.25) is 5.78 Å². The normalized spacial score (nSPS) is 12.4. The number of amides is 1. The Morgan fingerprint density at radius 2 is 1.42 bits per heavy atom. The van der Waals surface area contributed by atoms with Gasteiger partial charge < -0.3 is 14.4 Å². The lowest BCUT2D eigenvalue weighted by atomic mass is 10.1. The SMILES string of the molecule is CCOP(=O)(OCC)C(NC(=O)C(=O)c1ccccc1)c1ccccc1. The minimum atomic E-state index is -3.72. The zero-order chi connectivity index (χ0) is 19.0. The summed E-state index contributed by atoms with van der Waals surface area (Å²) in [6, 6.07) is 16.9. The van der Waals surface area contributed by atoms with Crippen molar-refractivity contribution in [3.63, 3.8) is 0 Å². The molecule has 0 aliphatic carbocycles. The van der Waals surface area contributed by atoms with Gasteiger partial charge in [0.25, 0.3) is 5.91 Å². The summed E-state index contributed by atoms with van der Waals surface area (Å²) in [5, 5.41) is 2.54. The highest BCUT2D eigenvalue weighted by atomic mass is 31.2. The minimum absolute atomic E-state index is 0.142. The van der Waals surface area contributed by atoms with E-state index < -0.39 is 25.1 Å². The van der Waals surface area contributed by atoms with Crippen molar-refractivity contribution in [3.05, 3.63) is 71.8 Å². The van der Waals surface area contributed by atoms with Gasteiger partial charge in [0, 0.05) is 5.56 Å². The maximum Gasteiger partial charge on any atom is 0.357 e. The van der Waals surface area contributed by atoms with Crippen LogP contribution in [0.4, 0.5) is 0 Å². The van der Waals surface area contributed by atoms with Crippen LogP contribution in [0.15, 0.2) is 60.7 Å². The molecule has 6 nitrogen and oxygen atoms in total. The van der Waals surface area contributed by atoms with E-state index in [1.807, 2.05) is 0 Å². The zero-order valence-corrected chi connectivity index (χ0v) is 15.6. The molecule has 0 heterocycles. The third-order valence-electron chi connectivity index (χ3n) is 3.56. The van der Waals surface area contributed by atoms with E-state index in [4.69, 9.17) is 9.05 Å². The van der Waals surface area contributed by atoms with Crippen LogP contribution in [-0.4, -0.2) is 24.9 Å². The average Bonchev–Trinajstić information content (AvgIpc) is 2.67. The first-order valence-corrected chi connectivity index (χ1v) is 9.97. The van der Waals surface area contributed by atoms with Gasteiger partial charge in [-0.15, -0.1) is 0 Å². The minimum Gasteiger partial charge on any atom is -0.331 e. The first-order chi connectivity index (χ1) is 12.5. The Bertz CT molecular complexity index is 769. The molecule has 26 heavy (non-hydrogen) atoms. The maximum atomic E-state index is 13.2. The van der Waals surface area contributed by atoms with E-state index in [1.165, 1.54) is 0 Å². The molecule has 0 aliphatic heterocycles. The summed E-state index contributed by atoms with van der Waals surface area (Å²) >= 11 is 0. The summed E-state index contributed by atoms with van der Waals surface area (Å²) < 4.78 is 24.0. The Morgan fingerprint density at radius 1 is 0.923 bits per heavy atom. The summed E-state index contributed by atoms with van der Waals surface area (Å²) in [5.74, 6) is -2.67. The number of nitrogens with one attached hydrogen (secondary N) is 1. The first-order valence-electron chi connectivity index (χ1n) is 8.35. The van der Waals surface area contributed by atoms with Crippen LogP contribution in [0.5, 0.6) is 0 Å². The number of rotatable bonds is 9. The van der Waals surface area contributed by atoms with Crippen molar-refractivity contribution < 1.29 is 23.2 Å². The lowest BCUT2D eigenvalue weighted by Gasteiger charge is -2.27. The third kappa shape index (κ3) is 4.88. The van der Waals surface area contributed by atoms with Crippen LogP contribution in [0.3, 0.4) is 0 Å². The van der Waals surface area contributed by atoms with E-state index in [0.717, 1.165) is 0 Å². The van der Waals surface area contributed by atoms with Gasteiger partial charge in [-0.2, -0.15) is 0 Å². The van der Waals surface area contributed by atoms with Gasteiger partial charge >= 0.3 is 7.60 Å². The van der Waals surface area contributed by atoms with Crippen molar-refractivity contribution in [3.8, 4) is 0 Å². The van der Waals surface area contributed by atoms with Crippen LogP contribution < -0.4 is 5.32 Å². The first kappa shape index (κ1) is 20.0. The smallest absolute Gasteiger partial charge is 0.331 e. The zero-order valence-electron chi connectivity index (χ0n) is 14.8. The molecule has 2 aromatic rings. The molecule has 0 radical (unpaired) electrons. The Morgan fingerprint density at radius 3 is 1.92 bits per heavy atom. The fourth-order valence-electron chi connectivity index (χ4n) is 2.44. The van der Waals surface area contributed by atoms with Gasteiger partial charge in [0.15, 0.2) is 5.78 Å². The van der Waals surface area contributed by atoms with E-state index >= 15 is 0 Å². The number of carbonyl (C=O) groups excluding carboxylic acids is 2. The number of carbonyl (C=O) groups is 2. The number of hydrogen-bond donors (Lipinski definition) is 1. The second-order valence-corrected chi connectivity index (χ2v) is 7.47. The number of ketones is 1. The molecule has 0 saturated heterocycles. The van der Waals surface area contributed by atoms with Gasteiger partial charge in [0.1, 0.15) is 0 Å². The lowest BCUT2D eigenvalue weighted by Crippen LogP contribution is -2.35. The molecule has 138 valence electrons. The van der Waals surface area contributed by atoms with Gasteiger partial charge in [-0.25, -0.2) is 0 Å². The monoisotopic (exact) mass is 375 g/mol. The van der Waals surface area contributed by atoms with Crippen molar-refractivity contribution >= 4 is 19.3 Å². The van der Waals surface area contributed by atoms with Gasteiger partial charge in [-0.05, 0) is 19.4 Å². The molecular weight excluding hydrogens is 353 g/mol. The van der Waals surface area contributed by atoms with Crippen molar-refractivity contribution in [1.82, 2.24) is 5.32 Å². The van der Waals surface area contributed by atoms with E-state index in [1.54, 1.807) is 74.5 Å². The van der Waals surface area contributed by atoms with Crippen molar-refractivity contribution in [2.24, 2.45) is 0 Å². The molecular formula is C19H22NO5P. The molecule has 0 aliphatic rings. The van der Waals surface area contributed by atoms with Crippen LogP contribution >= 0.6 is 7.60 Å². The predicted octanol–water partition coefficient (Wildman–Crippen LogP) is 3.95. The van der Waals surface area contributed by atoms with E-state index in [2.05, 4.69) is 5.32 Å². The fraction of sp³-hybridized carbons (Fsp3) is 0.263. The summed E-state index contributed by atoms with van der Waals surface area (Å²) in [6.45, 7) is 3.65. The summed E-state index contributed by atoms with van der Waals surface area (Å²) in [6.07, 6.45) is 0. The van der Waals surface area contributed by atoms with Crippen LogP contribution in [0, 0.1) is 0 Å². The molecule has 1 amide bonds. The summed E-state index contributed by atoms with van der Waals surface area (Å²) in [4.78, 5) is 24.9. The van der Waals surface area contributed by atoms with Gasteiger partial charge in [0.05, 0.1) is 13.2 Å². The molecule has 0 fully saturated rings. The number of Topliss-reactive ketones (excluding diaryl/α,β-unsaturated/α-hetero) is 1. The maximum absolute atomic E-state index is 13.2. The highest BCUT2D eigenvalue weighted by Gasteiger charge is 2.39. The van der Waals surface area contributed by atoms with Crippen LogP contribution in [0.1, 0.15) is 35.6 Å². The van der Waals surface area contributed by atoms with Crippen LogP contribution in [0.25, 0.3) is 0 Å². The van der Waals surface area contributed by atoms with E-state index in [0.29, 0.717) is 5.56 Å². The number of hydrogen-bond acceptors (Lipinski definition) is 5. The number of benzene rings is 2. The van der Waals surface area contributed by atoms with E-state index in [-0.39, 0.29) is 18.8 Å². The van der Waals surface area contributed by atoms with Crippen LogP contribution in [0.2, 0.25) is 0 Å².